The van der Waals surface area contributed by atoms with Crippen LogP contribution in [-0.2, 0) is 9.84 Å². The molecule has 1 aromatic carbocycles. The molecule has 0 radical (unpaired) electrons. The van der Waals surface area contributed by atoms with Gasteiger partial charge in [0.05, 0.1) is 16.5 Å². The molecule has 3 nitrogen and oxygen atoms in total. The van der Waals surface area contributed by atoms with Gasteiger partial charge in [0.15, 0.2) is 0 Å². The van der Waals surface area contributed by atoms with E-state index in [1.54, 1.807) is 0 Å². The van der Waals surface area contributed by atoms with Crippen LogP contribution in [0.1, 0.15) is 6.42 Å². The monoisotopic (exact) mass is 265 g/mol. The molecule has 0 spiro atoms. The molecule has 0 bridgehead atoms. The van der Waals surface area contributed by atoms with Crippen LogP contribution in [0.25, 0.3) is 0 Å². The Labute approximate surface area is 99.5 Å². The fourth-order valence-corrected chi connectivity index (χ4v) is 2.04. The molecule has 0 amide bonds. The van der Waals surface area contributed by atoms with Crippen LogP contribution in [0.3, 0.4) is 0 Å². The van der Waals surface area contributed by atoms with Crippen LogP contribution < -0.4 is 5.32 Å². The lowest BCUT2D eigenvalue weighted by Gasteiger charge is -2.07. The second-order valence-electron chi connectivity index (χ2n) is 3.53. The number of hydrogen-bond acceptors (Lipinski definition) is 3. The first-order chi connectivity index (χ1) is 7.38. The normalized spacial score (nSPS) is 11.4. The lowest BCUT2D eigenvalue weighted by Crippen LogP contribution is -2.10. The molecule has 0 fully saturated rings. The Morgan fingerprint density at radius 1 is 1.44 bits per heavy atom. The lowest BCUT2D eigenvalue weighted by molar-refractivity contribution is 0.600. The Hall–Kier alpha value is -0.810. The molecule has 0 unspecified atom stereocenters. The summed E-state index contributed by atoms with van der Waals surface area (Å²) in [6, 6.07) is 4.00. The molecule has 0 aromatic heterocycles. The highest BCUT2D eigenvalue weighted by Crippen LogP contribution is 2.22. The molecule has 0 aliphatic carbocycles. The van der Waals surface area contributed by atoms with Gasteiger partial charge in [0.1, 0.15) is 15.7 Å². The average molecular weight is 266 g/mol. The smallest absolute Gasteiger partial charge is 0.147 e. The molecule has 0 saturated heterocycles. The third-order valence-corrected chi connectivity index (χ3v) is 3.30. The highest BCUT2D eigenvalue weighted by molar-refractivity contribution is 7.90. The quantitative estimate of drug-likeness (QED) is 0.831. The summed E-state index contributed by atoms with van der Waals surface area (Å²) < 4.78 is 34.6. The third kappa shape index (κ3) is 4.81. The van der Waals surface area contributed by atoms with Crippen molar-refractivity contribution in [3.8, 4) is 0 Å². The number of anilines is 1. The minimum atomic E-state index is -2.94. The van der Waals surface area contributed by atoms with E-state index in [9.17, 15) is 12.8 Å². The van der Waals surface area contributed by atoms with Gasteiger partial charge in [-0.05, 0) is 24.6 Å². The summed E-state index contributed by atoms with van der Waals surface area (Å²) in [5.74, 6) is -0.276. The molecule has 6 heteroatoms. The Bertz CT molecular complexity index is 462. The first-order valence-corrected chi connectivity index (χ1v) is 7.19. The molecule has 1 rings (SSSR count). The van der Waals surface area contributed by atoms with E-state index in [2.05, 4.69) is 5.32 Å². The van der Waals surface area contributed by atoms with Crippen molar-refractivity contribution in [3.05, 3.63) is 29.0 Å². The number of benzene rings is 1. The standard InChI is InChI=1S/C10H13ClFNO2S/c1-16(14,15)6-2-5-13-10-7-8(12)3-4-9(10)11/h3-4,7,13H,2,5-6H2,1H3. The van der Waals surface area contributed by atoms with Crippen molar-refractivity contribution in [2.45, 2.75) is 6.42 Å². The zero-order valence-corrected chi connectivity index (χ0v) is 10.4. The van der Waals surface area contributed by atoms with Gasteiger partial charge in [-0.3, -0.25) is 0 Å². The summed E-state index contributed by atoms with van der Waals surface area (Å²) in [6.45, 7) is 0.441. The lowest BCUT2D eigenvalue weighted by atomic mass is 10.3. The van der Waals surface area contributed by atoms with Crippen molar-refractivity contribution in [1.29, 1.82) is 0 Å². The minimum absolute atomic E-state index is 0.104. The van der Waals surface area contributed by atoms with Crippen LogP contribution in [0, 0.1) is 5.82 Å². The summed E-state index contributed by atoms with van der Waals surface area (Å²) in [4.78, 5) is 0. The second-order valence-corrected chi connectivity index (χ2v) is 6.20. The van der Waals surface area contributed by atoms with Crippen molar-refractivity contribution in [2.24, 2.45) is 0 Å². The topological polar surface area (TPSA) is 46.2 Å². The molecule has 1 N–H and O–H groups in total. The van der Waals surface area contributed by atoms with Gasteiger partial charge in [-0.15, -0.1) is 0 Å². The van der Waals surface area contributed by atoms with E-state index < -0.39 is 9.84 Å². The molecule has 0 atom stereocenters. The fourth-order valence-electron chi connectivity index (χ4n) is 1.19. The summed E-state index contributed by atoms with van der Waals surface area (Å²) in [7, 11) is -2.94. The van der Waals surface area contributed by atoms with Crippen LogP contribution in [-0.4, -0.2) is 27.0 Å². The number of rotatable bonds is 5. The Morgan fingerprint density at radius 3 is 2.75 bits per heavy atom. The number of halogens is 2. The van der Waals surface area contributed by atoms with Gasteiger partial charge >= 0.3 is 0 Å². The van der Waals surface area contributed by atoms with Crippen molar-refractivity contribution in [3.63, 3.8) is 0 Å². The van der Waals surface area contributed by atoms with Crippen LogP contribution >= 0.6 is 11.6 Å². The van der Waals surface area contributed by atoms with E-state index in [1.807, 2.05) is 0 Å². The number of sulfone groups is 1. The molecule has 90 valence electrons. The first kappa shape index (κ1) is 13.3. The second kappa shape index (κ2) is 5.50. The van der Waals surface area contributed by atoms with E-state index in [4.69, 9.17) is 11.6 Å². The summed E-state index contributed by atoms with van der Waals surface area (Å²) in [5, 5.41) is 3.31. The van der Waals surface area contributed by atoms with Crippen molar-refractivity contribution in [2.75, 3.05) is 23.9 Å². The maximum Gasteiger partial charge on any atom is 0.147 e. The van der Waals surface area contributed by atoms with E-state index >= 15 is 0 Å². The highest BCUT2D eigenvalue weighted by atomic mass is 35.5. The largest absolute Gasteiger partial charge is 0.384 e. The van der Waals surface area contributed by atoms with Gasteiger partial charge in [0.25, 0.3) is 0 Å². The predicted octanol–water partition coefficient (Wildman–Crippen LogP) is 2.33. The van der Waals surface area contributed by atoms with Gasteiger partial charge in [-0.2, -0.15) is 0 Å². The molecule has 1 aromatic rings. The minimum Gasteiger partial charge on any atom is -0.384 e. The summed E-state index contributed by atoms with van der Waals surface area (Å²) in [6.07, 6.45) is 1.65. The van der Waals surface area contributed by atoms with Gasteiger partial charge in [-0.1, -0.05) is 11.6 Å². The first-order valence-electron chi connectivity index (χ1n) is 4.75. The zero-order valence-electron chi connectivity index (χ0n) is 8.83. The molecule has 0 heterocycles. The van der Waals surface area contributed by atoms with Crippen LogP contribution in [0.15, 0.2) is 18.2 Å². The van der Waals surface area contributed by atoms with E-state index in [-0.39, 0.29) is 11.6 Å². The Balaban J connectivity index is 2.46. The van der Waals surface area contributed by atoms with Crippen LogP contribution in [0.2, 0.25) is 5.02 Å². The van der Waals surface area contributed by atoms with E-state index in [1.165, 1.54) is 24.5 Å². The van der Waals surface area contributed by atoms with Crippen molar-refractivity contribution >= 4 is 27.1 Å². The zero-order chi connectivity index (χ0) is 12.2. The molecular weight excluding hydrogens is 253 g/mol. The number of hydrogen-bond donors (Lipinski definition) is 1. The molecule has 16 heavy (non-hydrogen) atoms. The van der Waals surface area contributed by atoms with Crippen LogP contribution in [0.4, 0.5) is 10.1 Å². The van der Waals surface area contributed by atoms with Crippen molar-refractivity contribution < 1.29 is 12.8 Å². The number of nitrogens with one attached hydrogen (secondary N) is 1. The molecule has 0 aliphatic heterocycles. The molecule has 0 saturated carbocycles. The van der Waals surface area contributed by atoms with Gasteiger partial charge < -0.3 is 5.32 Å². The summed E-state index contributed by atoms with van der Waals surface area (Å²) >= 11 is 5.82. The highest BCUT2D eigenvalue weighted by Gasteiger charge is 2.03. The fraction of sp³-hybridized carbons (Fsp3) is 0.400. The molecular formula is C10H13ClFNO2S. The predicted molar refractivity (Wildman–Crippen MR) is 64.2 cm³/mol. The molecule has 0 aliphatic rings. The maximum absolute atomic E-state index is 12.9. The Kier molecular flexibility index (Phi) is 4.56. The SMILES string of the molecule is CS(=O)(=O)CCCNc1cc(F)ccc1Cl. The Morgan fingerprint density at radius 2 is 2.12 bits per heavy atom. The van der Waals surface area contributed by atoms with E-state index in [0.717, 1.165) is 0 Å². The third-order valence-electron chi connectivity index (χ3n) is 1.94. The maximum atomic E-state index is 12.9. The summed E-state index contributed by atoms with van der Waals surface area (Å²) in [5.41, 5.74) is 0.482. The van der Waals surface area contributed by atoms with E-state index in [0.29, 0.717) is 23.7 Å². The van der Waals surface area contributed by atoms with Gasteiger partial charge in [-0.25, -0.2) is 12.8 Å². The van der Waals surface area contributed by atoms with Gasteiger partial charge in [0.2, 0.25) is 0 Å². The van der Waals surface area contributed by atoms with Crippen LogP contribution in [0.5, 0.6) is 0 Å². The van der Waals surface area contributed by atoms with Gasteiger partial charge in [0, 0.05) is 12.8 Å². The van der Waals surface area contributed by atoms with Crippen molar-refractivity contribution in [1.82, 2.24) is 0 Å². The average Bonchev–Trinajstić information content (AvgIpc) is 2.16.